The molecule has 0 spiro atoms. The van der Waals surface area contributed by atoms with Crippen molar-refractivity contribution >= 4 is 65.6 Å². The molecular weight excluding hydrogens is 510 g/mol. The Morgan fingerprint density at radius 1 is 1.18 bits per heavy atom. The second-order valence-electron chi connectivity index (χ2n) is 8.13. The van der Waals surface area contributed by atoms with Gasteiger partial charge in [0.25, 0.3) is 10.0 Å². The normalized spacial score (nSPS) is 16.8. The molecule has 176 valence electrons. The van der Waals surface area contributed by atoms with E-state index in [0.717, 1.165) is 21.3 Å². The molecular formula is C24H22ClN3O3S3. The van der Waals surface area contributed by atoms with Crippen molar-refractivity contribution in [3.05, 3.63) is 76.1 Å². The SMILES string of the molecule is Cc1c(Cl)ccc2sc(N(Cc3ccccc3)C(=O)[C@@H]3CCCN3S(=O)(=O)c3cccs3)nc12. The minimum atomic E-state index is -3.75. The fourth-order valence-corrected chi connectivity index (χ4v) is 8.14. The molecule has 0 aliphatic carbocycles. The number of nitrogens with zero attached hydrogens (tertiary/aromatic N) is 3. The molecule has 1 aliphatic rings. The van der Waals surface area contributed by atoms with Crippen molar-refractivity contribution in [1.29, 1.82) is 0 Å². The van der Waals surface area contributed by atoms with Gasteiger partial charge in [0.15, 0.2) is 5.13 Å². The van der Waals surface area contributed by atoms with Crippen LogP contribution in [0.4, 0.5) is 5.13 Å². The molecule has 0 saturated carbocycles. The fourth-order valence-electron chi connectivity index (χ4n) is 4.19. The van der Waals surface area contributed by atoms with E-state index in [1.807, 2.05) is 49.4 Å². The highest BCUT2D eigenvalue weighted by atomic mass is 35.5. The second-order valence-corrected chi connectivity index (χ2v) is 12.6. The topological polar surface area (TPSA) is 70.6 Å². The van der Waals surface area contributed by atoms with Crippen LogP contribution >= 0.6 is 34.3 Å². The second kappa shape index (κ2) is 9.39. The van der Waals surface area contributed by atoms with Crippen LogP contribution < -0.4 is 4.90 Å². The van der Waals surface area contributed by atoms with Crippen molar-refractivity contribution in [1.82, 2.24) is 9.29 Å². The van der Waals surface area contributed by atoms with E-state index in [1.54, 1.807) is 22.4 Å². The number of carbonyl (C=O) groups is 1. The molecule has 0 N–H and O–H groups in total. The Bertz CT molecular complexity index is 1440. The minimum Gasteiger partial charge on any atom is -0.282 e. The first-order valence-corrected chi connectivity index (χ1v) is 14.3. The average molecular weight is 532 g/mol. The van der Waals surface area contributed by atoms with Gasteiger partial charge in [0.1, 0.15) is 10.3 Å². The summed E-state index contributed by atoms with van der Waals surface area (Å²) in [5.41, 5.74) is 2.56. The van der Waals surface area contributed by atoms with E-state index in [1.165, 1.54) is 27.0 Å². The van der Waals surface area contributed by atoms with Gasteiger partial charge in [-0.1, -0.05) is 59.3 Å². The third-order valence-electron chi connectivity index (χ3n) is 5.96. The lowest BCUT2D eigenvalue weighted by atomic mass is 10.1. The van der Waals surface area contributed by atoms with Gasteiger partial charge in [-0.3, -0.25) is 9.69 Å². The van der Waals surface area contributed by atoms with Crippen molar-refractivity contribution in [3.8, 4) is 0 Å². The number of amides is 1. The predicted octanol–water partition coefficient (Wildman–Crippen LogP) is 5.71. The van der Waals surface area contributed by atoms with Crippen molar-refractivity contribution in [3.63, 3.8) is 0 Å². The molecule has 1 atom stereocenters. The summed E-state index contributed by atoms with van der Waals surface area (Å²) in [6.07, 6.45) is 1.11. The standard InChI is InChI=1S/C24H22ClN3O3S3/c1-16-18(25)11-12-20-22(16)26-24(33-20)27(15-17-7-3-2-4-8-17)23(29)19-9-5-13-28(19)34(30,31)21-10-6-14-32-21/h2-4,6-8,10-12,14,19H,5,9,13,15H2,1H3/t19-/m0/s1. The zero-order valence-corrected chi connectivity index (χ0v) is 21.6. The molecule has 1 saturated heterocycles. The van der Waals surface area contributed by atoms with Gasteiger partial charge in [-0.15, -0.1) is 11.3 Å². The number of aryl methyl sites for hydroxylation is 1. The van der Waals surface area contributed by atoms with Crippen LogP contribution in [0.1, 0.15) is 24.0 Å². The summed E-state index contributed by atoms with van der Waals surface area (Å²) < 4.78 is 29.1. The van der Waals surface area contributed by atoms with E-state index >= 15 is 0 Å². The van der Waals surface area contributed by atoms with E-state index in [-0.39, 0.29) is 10.1 Å². The van der Waals surface area contributed by atoms with Crippen LogP contribution in [0.3, 0.4) is 0 Å². The number of carbonyl (C=O) groups excluding carboxylic acids is 1. The van der Waals surface area contributed by atoms with Gasteiger partial charge < -0.3 is 0 Å². The highest BCUT2D eigenvalue weighted by Crippen LogP contribution is 2.36. The van der Waals surface area contributed by atoms with Crippen molar-refractivity contribution in [2.75, 3.05) is 11.4 Å². The van der Waals surface area contributed by atoms with Crippen molar-refractivity contribution < 1.29 is 13.2 Å². The number of sulfonamides is 1. The molecule has 6 nitrogen and oxygen atoms in total. The maximum Gasteiger partial charge on any atom is 0.253 e. The maximum atomic E-state index is 14.0. The summed E-state index contributed by atoms with van der Waals surface area (Å²) in [7, 11) is -3.75. The molecule has 1 aliphatic heterocycles. The number of hydrogen-bond acceptors (Lipinski definition) is 6. The van der Waals surface area contributed by atoms with Gasteiger partial charge in [0.2, 0.25) is 5.91 Å². The Balaban J connectivity index is 1.55. The number of aromatic nitrogens is 1. The zero-order chi connectivity index (χ0) is 23.9. The fraction of sp³-hybridized carbons (Fsp3) is 0.250. The van der Waals surface area contributed by atoms with E-state index in [2.05, 4.69) is 0 Å². The minimum absolute atomic E-state index is 0.257. The number of hydrogen-bond donors (Lipinski definition) is 0. The van der Waals surface area contributed by atoms with E-state index < -0.39 is 16.1 Å². The van der Waals surface area contributed by atoms with Crippen LogP contribution in [-0.4, -0.2) is 36.2 Å². The summed E-state index contributed by atoms with van der Waals surface area (Å²) >= 11 is 8.88. The molecule has 5 rings (SSSR count). The van der Waals surface area contributed by atoms with E-state index in [0.29, 0.717) is 36.1 Å². The van der Waals surface area contributed by atoms with E-state index in [9.17, 15) is 13.2 Å². The number of halogens is 1. The predicted molar refractivity (Wildman–Crippen MR) is 138 cm³/mol. The van der Waals surface area contributed by atoms with E-state index in [4.69, 9.17) is 16.6 Å². The first kappa shape index (κ1) is 23.4. The lowest BCUT2D eigenvalue weighted by Crippen LogP contribution is -2.47. The molecule has 34 heavy (non-hydrogen) atoms. The maximum absolute atomic E-state index is 14.0. The van der Waals surface area contributed by atoms with Gasteiger partial charge in [-0.05, 0) is 54.5 Å². The number of thiazole rings is 1. The van der Waals surface area contributed by atoms with Crippen molar-refractivity contribution in [2.45, 2.75) is 36.6 Å². The van der Waals surface area contributed by atoms with Crippen molar-refractivity contribution in [2.24, 2.45) is 0 Å². The molecule has 1 fully saturated rings. The highest BCUT2D eigenvalue weighted by Gasteiger charge is 2.42. The molecule has 10 heteroatoms. The molecule has 0 unspecified atom stereocenters. The van der Waals surface area contributed by atoms with Crippen LogP contribution in [0.15, 0.2) is 64.2 Å². The van der Waals surface area contributed by atoms with Gasteiger partial charge in [0, 0.05) is 11.6 Å². The van der Waals surface area contributed by atoms with Gasteiger partial charge in [-0.2, -0.15) is 4.31 Å². The van der Waals surface area contributed by atoms with Crippen LogP contribution in [-0.2, 0) is 21.4 Å². The Kier molecular flexibility index (Phi) is 6.47. The lowest BCUT2D eigenvalue weighted by Gasteiger charge is -2.28. The van der Waals surface area contributed by atoms with Crippen LogP contribution in [0.25, 0.3) is 10.2 Å². The number of fused-ring (bicyclic) bond motifs is 1. The number of rotatable bonds is 6. The molecule has 1 amide bonds. The Morgan fingerprint density at radius 3 is 2.71 bits per heavy atom. The van der Waals surface area contributed by atoms with Gasteiger partial charge in [-0.25, -0.2) is 13.4 Å². The van der Waals surface area contributed by atoms with Crippen LogP contribution in [0.5, 0.6) is 0 Å². The third-order valence-corrected chi connectivity index (χ3v) is 10.7. The molecule has 0 radical (unpaired) electrons. The van der Waals surface area contributed by atoms with Gasteiger partial charge in [0.05, 0.1) is 16.8 Å². The summed E-state index contributed by atoms with van der Waals surface area (Å²) in [5.74, 6) is -0.260. The molecule has 0 bridgehead atoms. The molecule has 3 heterocycles. The monoisotopic (exact) mass is 531 g/mol. The number of benzene rings is 2. The highest BCUT2D eigenvalue weighted by molar-refractivity contribution is 7.91. The lowest BCUT2D eigenvalue weighted by molar-refractivity contribution is -0.121. The largest absolute Gasteiger partial charge is 0.282 e. The molecule has 4 aromatic rings. The quantitative estimate of drug-likeness (QED) is 0.320. The summed E-state index contributed by atoms with van der Waals surface area (Å²) in [5, 5.41) is 2.89. The zero-order valence-electron chi connectivity index (χ0n) is 18.3. The van der Waals surface area contributed by atoms with Crippen LogP contribution in [0.2, 0.25) is 5.02 Å². The molecule has 2 aromatic carbocycles. The first-order chi connectivity index (χ1) is 16.4. The summed E-state index contributed by atoms with van der Waals surface area (Å²) in [6.45, 7) is 2.53. The molecule has 2 aromatic heterocycles. The number of anilines is 1. The summed E-state index contributed by atoms with van der Waals surface area (Å²) in [6, 6.07) is 15.9. The summed E-state index contributed by atoms with van der Waals surface area (Å²) in [4.78, 5) is 20.4. The third kappa shape index (κ3) is 4.27. The average Bonchev–Trinajstić information content (AvgIpc) is 3.61. The number of thiophene rings is 1. The Labute approximate surface area is 211 Å². The smallest absolute Gasteiger partial charge is 0.253 e. The van der Waals surface area contributed by atoms with Crippen LogP contribution in [0, 0.1) is 6.92 Å². The first-order valence-electron chi connectivity index (χ1n) is 10.8. The van der Waals surface area contributed by atoms with Gasteiger partial charge >= 0.3 is 0 Å². The Hall–Kier alpha value is -2.30. The Morgan fingerprint density at radius 2 is 1.97 bits per heavy atom.